The molecule has 1 aromatic heterocycles. The van der Waals surface area contributed by atoms with Gasteiger partial charge in [-0.25, -0.2) is 4.79 Å². The molecule has 0 saturated carbocycles. The molecular formula is C15H19N3O3. The van der Waals surface area contributed by atoms with Gasteiger partial charge in [-0.3, -0.25) is 4.68 Å². The Morgan fingerprint density at radius 3 is 2.95 bits per heavy atom. The number of nitrogens with zero attached hydrogens (tertiary/aromatic N) is 2. The Labute approximate surface area is 123 Å². The smallest absolute Gasteiger partial charge is 0.335 e. The average Bonchev–Trinajstić information content (AvgIpc) is 2.88. The molecule has 6 nitrogen and oxygen atoms in total. The normalized spacial score (nSPS) is 10.5. The SMILES string of the molecule is Cn1nccc1CCNCCOc1cccc(C(=O)O)c1. The van der Waals surface area contributed by atoms with Gasteiger partial charge in [0.15, 0.2) is 0 Å². The highest BCUT2D eigenvalue weighted by Crippen LogP contribution is 2.12. The molecule has 0 fully saturated rings. The number of aryl methyl sites for hydroxylation is 1. The van der Waals surface area contributed by atoms with Gasteiger partial charge < -0.3 is 15.2 Å². The minimum atomic E-state index is -0.949. The Kier molecular flexibility index (Phi) is 5.34. The lowest BCUT2D eigenvalue weighted by Crippen LogP contribution is -2.24. The third-order valence-electron chi connectivity index (χ3n) is 3.11. The Bertz CT molecular complexity index is 595. The van der Waals surface area contributed by atoms with Gasteiger partial charge in [0.25, 0.3) is 0 Å². The van der Waals surface area contributed by atoms with E-state index >= 15 is 0 Å². The number of ether oxygens (including phenoxy) is 1. The van der Waals surface area contributed by atoms with Crippen molar-refractivity contribution in [3.63, 3.8) is 0 Å². The lowest BCUT2D eigenvalue weighted by molar-refractivity contribution is 0.0696. The maximum atomic E-state index is 10.8. The first-order valence-electron chi connectivity index (χ1n) is 6.80. The molecule has 0 spiro atoms. The van der Waals surface area contributed by atoms with Gasteiger partial charge in [0.2, 0.25) is 0 Å². The Balaban J connectivity index is 1.65. The van der Waals surface area contributed by atoms with Gasteiger partial charge in [-0.15, -0.1) is 0 Å². The summed E-state index contributed by atoms with van der Waals surface area (Å²) in [5.74, 6) is -0.377. The number of hydrogen-bond donors (Lipinski definition) is 2. The van der Waals surface area contributed by atoms with E-state index in [1.54, 1.807) is 24.4 Å². The number of carbonyl (C=O) groups is 1. The van der Waals surface area contributed by atoms with E-state index in [2.05, 4.69) is 10.4 Å². The summed E-state index contributed by atoms with van der Waals surface area (Å²) in [5, 5.41) is 16.3. The molecule has 21 heavy (non-hydrogen) atoms. The fourth-order valence-electron chi connectivity index (χ4n) is 1.95. The van der Waals surface area contributed by atoms with Crippen molar-refractivity contribution in [2.24, 2.45) is 7.05 Å². The van der Waals surface area contributed by atoms with E-state index in [0.717, 1.165) is 13.0 Å². The Morgan fingerprint density at radius 2 is 2.24 bits per heavy atom. The average molecular weight is 289 g/mol. The maximum absolute atomic E-state index is 10.8. The monoisotopic (exact) mass is 289 g/mol. The van der Waals surface area contributed by atoms with Crippen LogP contribution in [-0.4, -0.2) is 40.6 Å². The number of nitrogens with one attached hydrogen (secondary N) is 1. The second kappa shape index (κ2) is 7.44. The van der Waals surface area contributed by atoms with Gasteiger partial charge in [0.1, 0.15) is 12.4 Å². The lowest BCUT2D eigenvalue weighted by atomic mass is 10.2. The van der Waals surface area contributed by atoms with Crippen molar-refractivity contribution < 1.29 is 14.6 Å². The molecule has 0 bridgehead atoms. The van der Waals surface area contributed by atoms with Crippen LogP contribution in [0.4, 0.5) is 0 Å². The quantitative estimate of drug-likeness (QED) is 0.717. The molecule has 0 atom stereocenters. The van der Waals surface area contributed by atoms with Crippen molar-refractivity contribution in [3.05, 3.63) is 47.8 Å². The van der Waals surface area contributed by atoms with Crippen LogP contribution in [-0.2, 0) is 13.5 Å². The first kappa shape index (κ1) is 15.1. The molecule has 0 unspecified atom stereocenters. The molecule has 1 heterocycles. The molecule has 2 rings (SSSR count). The molecule has 2 N–H and O–H groups in total. The van der Waals surface area contributed by atoms with Crippen LogP contribution < -0.4 is 10.1 Å². The maximum Gasteiger partial charge on any atom is 0.335 e. The second-order valence-electron chi connectivity index (χ2n) is 4.63. The van der Waals surface area contributed by atoms with Crippen molar-refractivity contribution in [1.82, 2.24) is 15.1 Å². The first-order chi connectivity index (χ1) is 10.2. The summed E-state index contributed by atoms with van der Waals surface area (Å²) < 4.78 is 7.37. The van der Waals surface area contributed by atoms with E-state index in [-0.39, 0.29) is 5.56 Å². The number of carboxylic acid groups (broad SMARTS) is 1. The van der Waals surface area contributed by atoms with Crippen LogP contribution in [0.1, 0.15) is 16.1 Å². The van der Waals surface area contributed by atoms with Crippen LogP contribution in [0.5, 0.6) is 5.75 Å². The van der Waals surface area contributed by atoms with Crippen LogP contribution >= 0.6 is 0 Å². The summed E-state index contributed by atoms with van der Waals surface area (Å²) in [4.78, 5) is 10.8. The van der Waals surface area contributed by atoms with Gasteiger partial charge >= 0.3 is 5.97 Å². The van der Waals surface area contributed by atoms with E-state index < -0.39 is 5.97 Å². The third-order valence-corrected chi connectivity index (χ3v) is 3.11. The molecule has 112 valence electrons. The fraction of sp³-hybridized carbons (Fsp3) is 0.333. The number of hydrogen-bond acceptors (Lipinski definition) is 4. The zero-order valence-electron chi connectivity index (χ0n) is 12.0. The Morgan fingerprint density at radius 1 is 1.38 bits per heavy atom. The molecule has 6 heteroatoms. The summed E-state index contributed by atoms with van der Waals surface area (Å²) in [6.07, 6.45) is 2.69. The number of carboxylic acids is 1. The van der Waals surface area contributed by atoms with Crippen molar-refractivity contribution >= 4 is 5.97 Å². The van der Waals surface area contributed by atoms with Crippen molar-refractivity contribution in [1.29, 1.82) is 0 Å². The Hall–Kier alpha value is -2.34. The van der Waals surface area contributed by atoms with Crippen LogP contribution in [0.25, 0.3) is 0 Å². The van der Waals surface area contributed by atoms with E-state index in [9.17, 15) is 4.79 Å². The highest BCUT2D eigenvalue weighted by molar-refractivity contribution is 5.87. The standard InChI is InChI=1S/C15H19N3O3/c1-18-13(6-8-17-18)5-7-16-9-10-21-14-4-2-3-12(11-14)15(19)20/h2-4,6,8,11,16H,5,7,9-10H2,1H3,(H,19,20). The summed E-state index contributed by atoms with van der Waals surface area (Å²) in [5.41, 5.74) is 1.41. The van der Waals surface area contributed by atoms with Gasteiger partial charge in [-0.2, -0.15) is 5.10 Å². The summed E-state index contributed by atoms with van der Waals surface area (Å²) in [6, 6.07) is 8.49. The van der Waals surface area contributed by atoms with Crippen molar-refractivity contribution in [2.75, 3.05) is 19.7 Å². The van der Waals surface area contributed by atoms with Gasteiger partial charge in [-0.05, 0) is 24.3 Å². The molecule has 0 aliphatic rings. The van der Waals surface area contributed by atoms with Crippen LogP contribution in [0.15, 0.2) is 36.5 Å². The van der Waals surface area contributed by atoms with E-state index in [4.69, 9.17) is 9.84 Å². The molecule has 0 radical (unpaired) electrons. The lowest BCUT2D eigenvalue weighted by Gasteiger charge is -2.08. The number of aromatic nitrogens is 2. The van der Waals surface area contributed by atoms with Gasteiger partial charge in [0, 0.05) is 38.4 Å². The zero-order chi connectivity index (χ0) is 15.1. The molecule has 0 aliphatic heterocycles. The van der Waals surface area contributed by atoms with Gasteiger partial charge in [0.05, 0.1) is 5.56 Å². The van der Waals surface area contributed by atoms with Crippen LogP contribution in [0.2, 0.25) is 0 Å². The van der Waals surface area contributed by atoms with Crippen molar-refractivity contribution in [3.8, 4) is 5.75 Å². The summed E-state index contributed by atoms with van der Waals surface area (Å²) in [6.45, 7) is 2.04. The van der Waals surface area contributed by atoms with E-state index in [1.807, 2.05) is 17.8 Å². The molecule has 0 saturated heterocycles. The second-order valence-corrected chi connectivity index (χ2v) is 4.63. The highest BCUT2D eigenvalue weighted by atomic mass is 16.5. The number of aromatic carboxylic acids is 1. The minimum absolute atomic E-state index is 0.233. The first-order valence-corrected chi connectivity index (χ1v) is 6.80. The predicted molar refractivity (Wildman–Crippen MR) is 78.7 cm³/mol. The van der Waals surface area contributed by atoms with Crippen LogP contribution in [0, 0.1) is 0 Å². The molecule has 2 aromatic rings. The number of benzene rings is 1. The molecule has 0 aliphatic carbocycles. The topological polar surface area (TPSA) is 76.4 Å². The van der Waals surface area contributed by atoms with Crippen LogP contribution in [0.3, 0.4) is 0 Å². The number of rotatable bonds is 8. The molecular weight excluding hydrogens is 270 g/mol. The molecule has 1 aromatic carbocycles. The zero-order valence-corrected chi connectivity index (χ0v) is 12.0. The summed E-state index contributed by atoms with van der Waals surface area (Å²) in [7, 11) is 1.92. The third kappa shape index (κ3) is 4.61. The molecule has 0 amide bonds. The minimum Gasteiger partial charge on any atom is -0.492 e. The fourth-order valence-corrected chi connectivity index (χ4v) is 1.95. The van der Waals surface area contributed by atoms with E-state index in [0.29, 0.717) is 18.9 Å². The van der Waals surface area contributed by atoms with Crippen molar-refractivity contribution in [2.45, 2.75) is 6.42 Å². The predicted octanol–water partition coefficient (Wildman–Crippen LogP) is 1.33. The van der Waals surface area contributed by atoms with E-state index in [1.165, 1.54) is 11.8 Å². The largest absolute Gasteiger partial charge is 0.492 e. The van der Waals surface area contributed by atoms with Gasteiger partial charge in [-0.1, -0.05) is 6.07 Å². The highest BCUT2D eigenvalue weighted by Gasteiger charge is 2.03. The summed E-state index contributed by atoms with van der Waals surface area (Å²) >= 11 is 0.